The van der Waals surface area contributed by atoms with Crippen LogP contribution in [0.3, 0.4) is 0 Å². The molecular formula is C14H14F2N2O4. The fourth-order valence-corrected chi connectivity index (χ4v) is 2.32. The standard InChI is InChI=1S/C14H14F2N2O4/c15-9-4-3-8(6-10(9)16)13(20)17-7-12(19)18-5-1-2-11(18)14(21)22/h3-4,6,11H,1-2,5,7H2,(H,17,20)(H,21,22)/t11-/m1/s1. The number of benzene rings is 1. The molecule has 2 N–H and O–H groups in total. The van der Waals surface area contributed by atoms with Gasteiger partial charge >= 0.3 is 5.97 Å². The fraction of sp³-hybridized carbons (Fsp3) is 0.357. The monoisotopic (exact) mass is 312 g/mol. The second-order valence-electron chi connectivity index (χ2n) is 4.89. The van der Waals surface area contributed by atoms with Crippen LogP contribution in [0.2, 0.25) is 0 Å². The highest BCUT2D eigenvalue weighted by atomic mass is 19.2. The SMILES string of the molecule is O=C(NCC(=O)N1CCC[C@@H]1C(=O)O)c1ccc(F)c(F)c1. The summed E-state index contributed by atoms with van der Waals surface area (Å²) >= 11 is 0. The summed E-state index contributed by atoms with van der Waals surface area (Å²) in [6, 6.07) is 1.75. The lowest BCUT2D eigenvalue weighted by Crippen LogP contribution is -2.45. The van der Waals surface area contributed by atoms with E-state index in [1.54, 1.807) is 0 Å². The van der Waals surface area contributed by atoms with E-state index in [1.165, 1.54) is 4.90 Å². The summed E-state index contributed by atoms with van der Waals surface area (Å²) in [6.45, 7) is -0.0849. The van der Waals surface area contributed by atoms with Gasteiger partial charge in [-0.1, -0.05) is 0 Å². The van der Waals surface area contributed by atoms with Crippen LogP contribution in [0.5, 0.6) is 0 Å². The van der Waals surface area contributed by atoms with Gasteiger partial charge in [0, 0.05) is 12.1 Å². The van der Waals surface area contributed by atoms with E-state index in [2.05, 4.69) is 5.32 Å². The van der Waals surface area contributed by atoms with Crippen molar-refractivity contribution in [3.8, 4) is 0 Å². The zero-order valence-electron chi connectivity index (χ0n) is 11.5. The third kappa shape index (κ3) is 3.38. The van der Waals surface area contributed by atoms with Crippen molar-refractivity contribution in [3.05, 3.63) is 35.4 Å². The average molecular weight is 312 g/mol. The Morgan fingerprint density at radius 2 is 2.00 bits per heavy atom. The van der Waals surface area contributed by atoms with Gasteiger partial charge in [-0.25, -0.2) is 13.6 Å². The molecule has 1 atom stereocenters. The van der Waals surface area contributed by atoms with Gasteiger partial charge in [-0.05, 0) is 31.0 Å². The number of nitrogens with zero attached hydrogens (tertiary/aromatic N) is 1. The minimum Gasteiger partial charge on any atom is -0.480 e. The van der Waals surface area contributed by atoms with E-state index < -0.39 is 42.0 Å². The van der Waals surface area contributed by atoms with Crippen molar-refractivity contribution >= 4 is 17.8 Å². The summed E-state index contributed by atoms with van der Waals surface area (Å²) in [5.74, 6) is -4.59. The van der Waals surface area contributed by atoms with Crippen molar-refractivity contribution in [1.29, 1.82) is 0 Å². The number of amides is 2. The Balaban J connectivity index is 1.94. The Labute approximate surface area is 124 Å². The first kappa shape index (κ1) is 15.9. The highest BCUT2D eigenvalue weighted by molar-refractivity contribution is 5.96. The van der Waals surface area contributed by atoms with Crippen molar-refractivity contribution in [3.63, 3.8) is 0 Å². The molecule has 0 saturated carbocycles. The Morgan fingerprint density at radius 1 is 1.27 bits per heavy atom. The largest absolute Gasteiger partial charge is 0.480 e. The number of carbonyl (C=O) groups excluding carboxylic acids is 2. The molecule has 0 unspecified atom stereocenters. The van der Waals surface area contributed by atoms with Crippen molar-refractivity contribution in [2.75, 3.05) is 13.1 Å². The van der Waals surface area contributed by atoms with Crippen LogP contribution >= 0.6 is 0 Å². The molecule has 22 heavy (non-hydrogen) atoms. The van der Waals surface area contributed by atoms with E-state index in [0.29, 0.717) is 19.4 Å². The van der Waals surface area contributed by atoms with Crippen molar-refractivity contribution in [2.24, 2.45) is 0 Å². The maximum absolute atomic E-state index is 13.0. The molecule has 1 heterocycles. The lowest BCUT2D eigenvalue weighted by Gasteiger charge is -2.21. The van der Waals surface area contributed by atoms with E-state index in [4.69, 9.17) is 5.11 Å². The van der Waals surface area contributed by atoms with Crippen LogP contribution in [0.1, 0.15) is 23.2 Å². The number of carbonyl (C=O) groups is 3. The summed E-state index contributed by atoms with van der Waals surface area (Å²) in [4.78, 5) is 35.9. The summed E-state index contributed by atoms with van der Waals surface area (Å²) in [5.41, 5.74) is -0.122. The smallest absolute Gasteiger partial charge is 0.326 e. The molecular weight excluding hydrogens is 298 g/mol. The first-order valence-electron chi connectivity index (χ1n) is 6.65. The van der Waals surface area contributed by atoms with Gasteiger partial charge in [0.25, 0.3) is 5.91 Å². The van der Waals surface area contributed by atoms with Gasteiger partial charge < -0.3 is 15.3 Å². The number of aliphatic carboxylic acids is 1. The van der Waals surface area contributed by atoms with E-state index in [1.807, 2.05) is 0 Å². The molecule has 0 aliphatic carbocycles. The summed E-state index contributed by atoms with van der Waals surface area (Å²) in [7, 11) is 0. The van der Waals surface area contributed by atoms with E-state index in [9.17, 15) is 23.2 Å². The Hall–Kier alpha value is -2.51. The van der Waals surface area contributed by atoms with Crippen LogP contribution in [-0.2, 0) is 9.59 Å². The second-order valence-corrected chi connectivity index (χ2v) is 4.89. The van der Waals surface area contributed by atoms with Crippen molar-refractivity contribution in [1.82, 2.24) is 10.2 Å². The van der Waals surface area contributed by atoms with Gasteiger partial charge in [0.05, 0.1) is 6.54 Å². The third-order valence-electron chi connectivity index (χ3n) is 3.44. The maximum atomic E-state index is 13.0. The third-order valence-corrected chi connectivity index (χ3v) is 3.44. The summed E-state index contributed by atoms with van der Waals surface area (Å²) in [5, 5.41) is 11.3. The number of nitrogens with one attached hydrogen (secondary N) is 1. The van der Waals surface area contributed by atoms with Crippen LogP contribution in [0, 0.1) is 11.6 Å². The fourth-order valence-electron chi connectivity index (χ4n) is 2.32. The number of carboxylic acid groups (broad SMARTS) is 1. The Bertz CT molecular complexity index is 621. The molecule has 2 rings (SSSR count). The normalized spacial score (nSPS) is 17.4. The highest BCUT2D eigenvalue weighted by Crippen LogP contribution is 2.17. The van der Waals surface area contributed by atoms with E-state index in [-0.39, 0.29) is 5.56 Å². The van der Waals surface area contributed by atoms with Crippen LogP contribution in [-0.4, -0.2) is 46.9 Å². The molecule has 1 aromatic rings. The molecule has 0 spiro atoms. The predicted octanol–water partition coefficient (Wildman–Crippen LogP) is 0.770. The molecule has 1 aliphatic heterocycles. The van der Waals surface area contributed by atoms with Gasteiger partial charge in [0.1, 0.15) is 6.04 Å². The summed E-state index contributed by atoms with van der Waals surface area (Å²) in [6.07, 6.45) is 0.956. The molecule has 1 aromatic carbocycles. The number of hydrogen-bond donors (Lipinski definition) is 2. The summed E-state index contributed by atoms with van der Waals surface area (Å²) < 4.78 is 25.8. The first-order chi connectivity index (χ1) is 10.4. The number of hydrogen-bond acceptors (Lipinski definition) is 3. The quantitative estimate of drug-likeness (QED) is 0.860. The molecule has 0 aromatic heterocycles. The average Bonchev–Trinajstić information content (AvgIpc) is 2.97. The van der Waals surface area contributed by atoms with Gasteiger partial charge in [-0.3, -0.25) is 9.59 Å². The van der Waals surface area contributed by atoms with Gasteiger partial charge in [-0.2, -0.15) is 0 Å². The molecule has 1 aliphatic rings. The minimum atomic E-state index is -1.16. The molecule has 118 valence electrons. The van der Waals surface area contributed by atoms with Crippen LogP contribution in [0.15, 0.2) is 18.2 Å². The highest BCUT2D eigenvalue weighted by Gasteiger charge is 2.33. The predicted molar refractivity (Wildman–Crippen MR) is 71.1 cm³/mol. The topological polar surface area (TPSA) is 86.7 Å². The number of carboxylic acids is 1. The molecule has 2 amide bonds. The second kappa shape index (κ2) is 6.50. The minimum absolute atomic E-state index is 0.122. The van der Waals surface area contributed by atoms with E-state index >= 15 is 0 Å². The molecule has 0 radical (unpaired) electrons. The van der Waals surface area contributed by atoms with Crippen LogP contribution in [0.4, 0.5) is 8.78 Å². The van der Waals surface area contributed by atoms with Crippen molar-refractivity contribution < 1.29 is 28.3 Å². The van der Waals surface area contributed by atoms with Gasteiger partial charge in [0.2, 0.25) is 5.91 Å². The van der Waals surface area contributed by atoms with Crippen molar-refractivity contribution in [2.45, 2.75) is 18.9 Å². The van der Waals surface area contributed by atoms with Crippen LogP contribution in [0.25, 0.3) is 0 Å². The van der Waals surface area contributed by atoms with Crippen LogP contribution < -0.4 is 5.32 Å². The Morgan fingerprint density at radius 3 is 2.64 bits per heavy atom. The van der Waals surface area contributed by atoms with E-state index in [0.717, 1.165) is 18.2 Å². The molecule has 8 heteroatoms. The number of likely N-dealkylation sites (tertiary alicyclic amines) is 1. The zero-order chi connectivity index (χ0) is 16.3. The number of halogens is 2. The lowest BCUT2D eigenvalue weighted by atomic mass is 10.2. The first-order valence-corrected chi connectivity index (χ1v) is 6.65. The molecule has 0 bridgehead atoms. The molecule has 6 nitrogen and oxygen atoms in total. The Kier molecular flexibility index (Phi) is 4.69. The lowest BCUT2D eigenvalue weighted by molar-refractivity contribution is -0.147. The van der Waals surface area contributed by atoms with Gasteiger partial charge in [0.15, 0.2) is 11.6 Å². The molecule has 1 fully saturated rings. The molecule has 1 saturated heterocycles. The zero-order valence-corrected chi connectivity index (χ0v) is 11.5. The van der Waals surface area contributed by atoms with Gasteiger partial charge in [-0.15, -0.1) is 0 Å². The maximum Gasteiger partial charge on any atom is 0.326 e. The number of rotatable bonds is 4.